The van der Waals surface area contributed by atoms with E-state index in [0.717, 1.165) is 42.7 Å². The molecule has 2 aromatic rings. The van der Waals surface area contributed by atoms with Crippen LogP contribution in [-0.4, -0.2) is 42.3 Å². The van der Waals surface area contributed by atoms with Gasteiger partial charge in [0, 0.05) is 17.7 Å². The number of esters is 1. The highest BCUT2D eigenvalue weighted by Crippen LogP contribution is 2.29. The summed E-state index contributed by atoms with van der Waals surface area (Å²) in [6.45, 7) is 3.73. The van der Waals surface area contributed by atoms with Gasteiger partial charge in [0.15, 0.2) is 5.76 Å². The van der Waals surface area contributed by atoms with Gasteiger partial charge in [-0.1, -0.05) is 23.7 Å². The van der Waals surface area contributed by atoms with Gasteiger partial charge in [0.05, 0.1) is 19.9 Å². The number of benzene rings is 1. The van der Waals surface area contributed by atoms with E-state index >= 15 is 0 Å². The molecule has 1 aromatic carbocycles. The van der Waals surface area contributed by atoms with Crippen LogP contribution in [0.15, 0.2) is 35.0 Å². The highest BCUT2D eigenvalue weighted by atomic mass is 16.5. The van der Waals surface area contributed by atoms with E-state index in [1.54, 1.807) is 13.3 Å². The van der Waals surface area contributed by atoms with Crippen molar-refractivity contribution in [3.8, 4) is 17.1 Å². The number of piperidine rings is 1. The van der Waals surface area contributed by atoms with E-state index < -0.39 is 0 Å². The van der Waals surface area contributed by atoms with Gasteiger partial charge in [0.2, 0.25) is 0 Å². The lowest BCUT2D eigenvalue weighted by Crippen LogP contribution is -2.44. The summed E-state index contributed by atoms with van der Waals surface area (Å²) in [7, 11) is 1.64. The molecule has 0 N–H and O–H groups in total. The zero-order valence-electron chi connectivity index (χ0n) is 14.7. The van der Waals surface area contributed by atoms with Crippen molar-refractivity contribution in [1.82, 2.24) is 10.1 Å². The molecule has 0 unspecified atom stereocenters. The van der Waals surface area contributed by atoms with Crippen LogP contribution in [0.4, 0.5) is 0 Å². The van der Waals surface area contributed by atoms with Crippen molar-refractivity contribution in [2.24, 2.45) is 0 Å². The molecule has 1 atom stereocenters. The van der Waals surface area contributed by atoms with Crippen LogP contribution < -0.4 is 4.74 Å². The van der Waals surface area contributed by atoms with Gasteiger partial charge in [0.25, 0.3) is 0 Å². The van der Waals surface area contributed by atoms with Crippen LogP contribution in [0, 0.1) is 0 Å². The zero-order valence-corrected chi connectivity index (χ0v) is 14.7. The first-order valence-electron chi connectivity index (χ1n) is 8.71. The summed E-state index contributed by atoms with van der Waals surface area (Å²) in [5.41, 5.74) is 1.88. The van der Waals surface area contributed by atoms with Gasteiger partial charge < -0.3 is 14.0 Å². The van der Waals surface area contributed by atoms with E-state index in [1.807, 2.05) is 31.2 Å². The predicted octanol–water partition coefficient (Wildman–Crippen LogP) is 3.27. The van der Waals surface area contributed by atoms with Gasteiger partial charge in [-0.3, -0.25) is 9.69 Å². The van der Waals surface area contributed by atoms with Crippen LogP contribution >= 0.6 is 0 Å². The largest absolute Gasteiger partial charge is 0.497 e. The van der Waals surface area contributed by atoms with Crippen molar-refractivity contribution >= 4 is 5.97 Å². The smallest absolute Gasteiger partial charge is 0.323 e. The molecule has 1 saturated heterocycles. The molecular formula is C19H24N2O4. The third-order valence-corrected chi connectivity index (χ3v) is 4.52. The maximum atomic E-state index is 12.3. The molecule has 25 heavy (non-hydrogen) atoms. The summed E-state index contributed by atoms with van der Waals surface area (Å²) in [5.74, 6) is 1.34. The van der Waals surface area contributed by atoms with Gasteiger partial charge in [0.1, 0.15) is 11.8 Å². The molecule has 0 saturated carbocycles. The second-order valence-corrected chi connectivity index (χ2v) is 6.15. The third-order valence-electron chi connectivity index (χ3n) is 4.52. The van der Waals surface area contributed by atoms with E-state index in [1.165, 1.54) is 0 Å². The number of rotatable bonds is 6. The second kappa shape index (κ2) is 8.16. The molecule has 3 rings (SSSR count). The molecule has 1 fully saturated rings. The number of hydrogen-bond acceptors (Lipinski definition) is 6. The Morgan fingerprint density at radius 3 is 3.08 bits per heavy atom. The first-order chi connectivity index (χ1) is 12.2. The fraction of sp³-hybridized carbons (Fsp3) is 0.474. The monoisotopic (exact) mass is 344 g/mol. The van der Waals surface area contributed by atoms with Crippen LogP contribution in [0.25, 0.3) is 11.3 Å². The van der Waals surface area contributed by atoms with E-state index in [0.29, 0.717) is 18.9 Å². The molecule has 0 aliphatic carbocycles. The third kappa shape index (κ3) is 4.02. The van der Waals surface area contributed by atoms with Crippen LogP contribution in [0.2, 0.25) is 0 Å². The first kappa shape index (κ1) is 17.5. The van der Waals surface area contributed by atoms with Gasteiger partial charge in [-0.2, -0.15) is 0 Å². The van der Waals surface area contributed by atoms with Crippen molar-refractivity contribution in [2.45, 2.75) is 38.8 Å². The number of likely N-dealkylation sites (tertiary alicyclic amines) is 1. The lowest BCUT2D eigenvalue weighted by Gasteiger charge is -2.33. The summed E-state index contributed by atoms with van der Waals surface area (Å²) >= 11 is 0. The van der Waals surface area contributed by atoms with Crippen LogP contribution in [0.1, 0.15) is 31.7 Å². The molecule has 6 heteroatoms. The number of carbonyl (C=O) groups excluding carboxylic acids is 1. The molecule has 0 amide bonds. The van der Waals surface area contributed by atoms with E-state index in [9.17, 15) is 4.79 Å². The molecule has 1 aliphatic heterocycles. The highest BCUT2D eigenvalue weighted by Gasteiger charge is 2.30. The number of carbonyl (C=O) groups is 1. The average Bonchev–Trinajstić information content (AvgIpc) is 3.10. The molecule has 6 nitrogen and oxygen atoms in total. The quantitative estimate of drug-likeness (QED) is 0.750. The molecular weight excluding hydrogens is 320 g/mol. The van der Waals surface area contributed by atoms with Crippen LogP contribution in [0.5, 0.6) is 5.75 Å². The van der Waals surface area contributed by atoms with Gasteiger partial charge in [-0.15, -0.1) is 0 Å². The van der Waals surface area contributed by atoms with Crippen LogP contribution in [-0.2, 0) is 16.1 Å². The Hall–Kier alpha value is -2.34. The minimum Gasteiger partial charge on any atom is -0.497 e. The van der Waals surface area contributed by atoms with Crippen molar-refractivity contribution in [3.63, 3.8) is 0 Å². The van der Waals surface area contributed by atoms with Crippen molar-refractivity contribution in [2.75, 3.05) is 20.3 Å². The summed E-state index contributed by atoms with van der Waals surface area (Å²) in [6, 6.07) is 7.50. The molecule has 1 aromatic heterocycles. The zero-order chi connectivity index (χ0) is 17.6. The fourth-order valence-corrected chi connectivity index (χ4v) is 3.28. The average molecular weight is 344 g/mol. The Bertz CT molecular complexity index is 713. The highest BCUT2D eigenvalue weighted by molar-refractivity contribution is 5.76. The molecule has 0 spiro atoms. The van der Waals surface area contributed by atoms with Gasteiger partial charge in [-0.05, 0) is 38.4 Å². The van der Waals surface area contributed by atoms with Crippen LogP contribution in [0.3, 0.4) is 0 Å². The predicted molar refractivity (Wildman–Crippen MR) is 93.2 cm³/mol. The minimum absolute atomic E-state index is 0.137. The Morgan fingerprint density at radius 1 is 1.40 bits per heavy atom. The van der Waals surface area contributed by atoms with E-state index in [-0.39, 0.29) is 12.0 Å². The SMILES string of the molecule is CCOC(=O)[C@@H]1CCCCN1Cc1cnoc1-c1cccc(OC)c1. The first-order valence-corrected chi connectivity index (χ1v) is 8.71. The number of hydrogen-bond donors (Lipinski definition) is 0. The minimum atomic E-state index is -0.193. The number of nitrogens with zero attached hydrogens (tertiary/aromatic N) is 2. The lowest BCUT2D eigenvalue weighted by atomic mass is 10.0. The van der Waals surface area contributed by atoms with Gasteiger partial charge in [-0.25, -0.2) is 0 Å². The molecule has 134 valence electrons. The Morgan fingerprint density at radius 2 is 2.28 bits per heavy atom. The second-order valence-electron chi connectivity index (χ2n) is 6.15. The number of aromatic nitrogens is 1. The number of methoxy groups -OCH3 is 1. The van der Waals surface area contributed by atoms with E-state index in [4.69, 9.17) is 14.0 Å². The maximum Gasteiger partial charge on any atom is 0.323 e. The standard InChI is InChI=1S/C19H24N2O4/c1-3-24-19(22)17-9-4-5-10-21(17)13-15-12-20-25-18(15)14-7-6-8-16(11-14)23-2/h6-8,11-12,17H,3-5,9-10,13H2,1-2H3/t17-/m0/s1. The summed E-state index contributed by atoms with van der Waals surface area (Å²) in [6.07, 6.45) is 4.69. The van der Waals surface area contributed by atoms with Crippen molar-refractivity contribution in [1.29, 1.82) is 0 Å². The van der Waals surface area contributed by atoms with E-state index in [2.05, 4.69) is 10.1 Å². The molecule has 0 bridgehead atoms. The summed E-state index contributed by atoms with van der Waals surface area (Å²) < 4.78 is 16.0. The fourth-order valence-electron chi connectivity index (χ4n) is 3.28. The van der Waals surface area contributed by atoms with Crippen molar-refractivity contribution in [3.05, 3.63) is 36.0 Å². The Balaban J connectivity index is 1.80. The summed E-state index contributed by atoms with van der Waals surface area (Å²) in [4.78, 5) is 14.4. The number of ether oxygens (including phenoxy) is 2. The Labute approximate surface area is 147 Å². The topological polar surface area (TPSA) is 64.8 Å². The normalized spacial score (nSPS) is 18.1. The molecule has 1 aliphatic rings. The molecule has 2 heterocycles. The van der Waals surface area contributed by atoms with Crippen molar-refractivity contribution < 1.29 is 18.8 Å². The maximum absolute atomic E-state index is 12.3. The molecule has 0 radical (unpaired) electrons. The Kier molecular flexibility index (Phi) is 5.71. The van der Waals surface area contributed by atoms with Gasteiger partial charge >= 0.3 is 5.97 Å². The lowest BCUT2D eigenvalue weighted by molar-refractivity contribution is -0.151. The summed E-state index contributed by atoms with van der Waals surface area (Å²) in [5, 5.41) is 3.97.